The van der Waals surface area contributed by atoms with Crippen molar-refractivity contribution in [3.05, 3.63) is 81.9 Å². The first kappa shape index (κ1) is 16.9. The Morgan fingerprint density at radius 2 is 1.92 bits per heavy atom. The van der Waals surface area contributed by atoms with Crippen LogP contribution >= 0.6 is 27.5 Å². The number of phenolic OH excluding ortho intramolecular Hbond substituents is 1. The first-order chi connectivity index (χ1) is 12.6. The van der Waals surface area contributed by atoms with Crippen molar-refractivity contribution in [1.29, 1.82) is 0 Å². The van der Waals surface area contributed by atoms with E-state index in [-0.39, 0.29) is 5.75 Å². The lowest BCUT2D eigenvalue weighted by molar-refractivity contribution is 0.477. The van der Waals surface area contributed by atoms with Crippen molar-refractivity contribution in [3.63, 3.8) is 0 Å². The molecule has 26 heavy (non-hydrogen) atoms. The molecule has 2 N–H and O–H groups in total. The van der Waals surface area contributed by atoms with E-state index in [2.05, 4.69) is 21.2 Å². The highest BCUT2D eigenvalue weighted by molar-refractivity contribution is 9.10. The molecule has 0 aliphatic carbocycles. The van der Waals surface area contributed by atoms with Crippen LogP contribution in [-0.4, -0.2) is 14.5 Å². The van der Waals surface area contributed by atoms with Gasteiger partial charge in [-0.2, -0.15) is 0 Å². The van der Waals surface area contributed by atoms with Gasteiger partial charge < -0.3 is 10.4 Å². The van der Waals surface area contributed by atoms with Crippen LogP contribution in [0.1, 0.15) is 5.56 Å². The molecule has 0 aliphatic heterocycles. The number of aromatic hydroxyl groups is 1. The van der Waals surface area contributed by atoms with Crippen LogP contribution < -0.4 is 5.32 Å². The fraction of sp³-hybridized carbons (Fsp3) is 0.0500. The van der Waals surface area contributed by atoms with Crippen LogP contribution in [0.15, 0.2) is 71.3 Å². The number of imidazole rings is 1. The highest BCUT2D eigenvalue weighted by Crippen LogP contribution is 2.36. The number of benzene rings is 2. The summed E-state index contributed by atoms with van der Waals surface area (Å²) in [5.41, 5.74) is 3.21. The third kappa shape index (κ3) is 3.16. The molecule has 2 aromatic carbocycles. The first-order valence-corrected chi connectivity index (χ1v) is 9.24. The molecule has 0 unspecified atom stereocenters. The fourth-order valence-electron chi connectivity index (χ4n) is 2.90. The van der Waals surface area contributed by atoms with Crippen molar-refractivity contribution in [2.24, 2.45) is 0 Å². The van der Waals surface area contributed by atoms with E-state index in [0.29, 0.717) is 22.8 Å². The van der Waals surface area contributed by atoms with E-state index in [1.807, 2.05) is 59.1 Å². The third-order valence-electron chi connectivity index (χ3n) is 4.11. The smallest absolute Gasteiger partial charge is 0.153 e. The number of pyridine rings is 1. The Labute approximate surface area is 164 Å². The number of hydrogen-bond acceptors (Lipinski definition) is 3. The maximum atomic E-state index is 10.3. The molecule has 0 saturated carbocycles. The van der Waals surface area contributed by atoms with E-state index < -0.39 is 0 Å². The summed E-state index contributed by atoms with van der Waals surface area (Å²) in [5, 5.41) is 14.4. The lowest BCUT2D eigenvalue weighted by Gasteiger charge is -2.10. The van der Waals surface area contributed by atoms with Crippen molar-refractivity contribution >= 4 is 39.0 Å². The van der Waals surface area contributed by atoms with E-state index in [1.54, 1.807) is 12.1 Å². The van der Waals surface area contributed by atoms with Crippen molar-refractivity contribution in [2.75, 3.05) is 5.32 Å². The van der Waals surface area contributed by atoms with E-state index in [9.17, 15) is 5.11 Å². The van der Waals surface area contributed by atoms with Gasteiger partial charge in [0.05, 0.1) is 4.47 Å². The first-order valence-electron chi connectivity index (χ1n) is 8.07. The molecule has 2 heterocycles. The second kappa shape index (κ2) is 7.02. The summed E-state index contributed by atoms with van der Waals surface area (Å²) in [6.45, 7) is 0.585. The number of fused-ring (bicyclic) bond motifs is 1. The molecular weight excluding hydrogens is 414 g/mol. The number of para-hydroxylation sites is 1. The van der Waals surface area contributed by atoms with Gasteiger partial charge in [-0.3, -0.25) is 4.40 Å². The molecule has 0 amide bonds. The molecule has 0 bridgehead atoms. The molecule has 0 saturated heterocycles. The average molecular weight is 429 g/mol. The number of halogens is 2. The summed E-state index contributed by atoms with van der Waals surface area (Å²) in [4.78, 5) is 4.74. The minimum absolute atomic E-state index is 0.192. The van der Waals surface area contributed by atoms with Gasteiger partial charge >= 0.3 is 0 Å². The minimum atomic E-state index is 0.192. The van der Waals surface area contributed by atoms with Crippen molar-refractivity contribution in [1.82, 2.24) is 9.38 Å². The molecule has 0 fully saturated rings. The predicted molar refractivity (Wildman–Crippen MR) is 109 cm³/mol. The molecule has 4 rings (SSSR count). The molecule has 0 aliphatic rings. The van der Waals surface area contributed by atoms with Gasteiger partial charge in [-0.05, 0) is 57.9 Å². The summed E-state index contributed by atoms with van der Waals surface area (Å²) < 4.78 is 2.85. The van der Waals surface area contributed by atoms with Gasteiger partial charge in [0.1, 0.15) is 17.3 Å². The molecule has 4 aromatic rings. The van der Waals surface area contributed by atoms with Crippen LogP contribution in [0.2, 0.25) is 5.02 Å². The highest BCUT2D eigenvalue weighted by atomic mass is 79.9. The molecule has 130 valence electrons. The molecule has 0 spiro atoms. The summed E-state index contributed by atoms with van der Waals surface area (Å²) >= 11 is 9.63. The zero-order chi connectivity index (χ0) is 18.1. The lowest BCUT2D eigenvalue weighted by Crippen LogP contribution is -2.03. The predicted octanol–water partition coefficient (Wildman–Crippen LogP) is 5.73. The maximum Gasteiger partial charge on any atom is 0.153 e. The van der Waals surface area contributed by atoms with Gasteiger partial charge in [0.2, 0.25) is 0 Å². The summed E-state index contributed by atoms with van der Waals surface area (Å²) in [6.07, 6.45) is 1.94. The quantitative estimate of drug-likeness (QED) is 0.436. The van der Waals surface area contributed by atoms with E-state index in [1.165, 1.54) is 0 Å². The standard InChI is InChI=1S/C20H15BrClN3O/c21-16-8-4-10-25-19(16)24-18(15-7-1-2-9-17(15)26)20(25)23-12-13-5-3-6-14(22)11-13/h1-11,23,26H,12H2. The normalized spacial score (nSPS) is 11.0. The number of nitrogens with one attached hydrogen (secondary N) is 1. The molecule has 2 aromatic heterocycles. The topological polar surface area (TPSA) is 49.6 Å². The Hall–Kier alpha value is -2.50. The van der Waals surface area contributed by atoms with Gasteiger partial charge in [-0.25, -0.2) is 4.98 Å². The van der Waals surface area contributed by atoms with Crippen molar-refractivity contribution in [2.45, 2.75) is 6.54 Å². The van der Waals surface area contributed by atoms with Crippen molar-refractivity contribution < 1.29 is 5.11 Å². The van der Waals surface area contributed by atoms with E-state index in [0.717, 1.165) is 21.5 Å². The van der Waals surface area contributed by atoms with Crippen LogP contribution in [0.4, 0.5) is 5.82 Å². The van der Waals surface area contributed by atoms with Crippen LogP contribution in [0.5, 0.6) is 5.75 Å². The maximum absolute atomic E-state index is 10.3. The zero-order valence-electron chi connectivity index (χ0n) is 13.7. The Morgan fingerprint density at radius 1 is 1.08 bits per heavy atom. The number of hydrogen-bond donors (Lipinski definition) is 2. The lowest BCUT2D eigenvalue weighted by atomic mass is 10.1. The number of aromatic nitrogens is 2. The van der Waals surface area contributed by atoms with Crippen LogP contribution in [0.25, 0.3) is 16.9 Å². The molecular formula is C20H15BrClN3O. The van der Waals surface area contributed by atoms with Crippen LogP contribution in [0.3, 0.4) is 0 Å². The Balaban J connectivity index is 1.82. The Morgan fingerprint density at radius 3 is 2.73 bits per heavy atom. The van der Waals surface area contributed by atoms with Gasteiger partial charge in [0.15, 0.2) is 5.65 Å². The SMILES string of the molecule is Oc1ccccc1-c1nc2c(Br)cccn2c1NCc1cccc(Cl)c1. The fourth-order valence-corrected chi connectivity index (χ4v) is 3.54. The van der Waals surface area contributed by atoms with Crippen molar-refractivity contribution in [3.8, 4) is 17.0 Å². The second-order valence-electron chi connectivity index (χ2n) is 5.86. The summed E-state index contributed by atoms with van der Waals surface area (Å²) in [7, 11) is 0. The number of phenols is 1. The number of nitrogens with zero attached hydrogens (tertiary/aromatic N) is 2. The van der Waals surface area contributed by atoms with E-state index in [4.69, 9.17) is 16.6 Å². The molecule has 4 nitrogen and oxygen atoms in total. The summed E-state index contributed by atoms with van der Waals surface area (Å²) in [5.74, 6) is 1.00. The zero-order valence-corrected chi connectivity index (χ0v) is 16.0. The van der Waals surface area contributed by atoms with Gasteiger partial charge in [-0.15, -0.1) is 0 Å². The Bertz CT molecular complexity index is 1090. The minimum Gasteiger partial charge on any atom is -0.507 e. The number of anilines is 1. The molecule has 0 radical (unpaired) electrons. The van der Waals surface area contributed by atoms with E-state index >= 15 is 0 Å². The highest BCUT2D eigenvalue weighted by Gasteiger charge is 2.17. The third-order valence-corrected chi connectivity index (χ3v) is 4.96. The monoisotopic (exact) mass is 427 g/mol. The van der Waals surface area contributed by atoms with Gasteiger partial charge in [0, 0.05) is 23.3 Å². The largest absolute Gasteiger partial charge is 0.507 e. The molecule has 0 atom stereocenters. The summed E-state index contributed by atoms with van der Waals surface area (Å²) in [6, 6.07) is 18.8. The van der Waals surface area contributed by atoms with Gasteiger partial charge in [-0.1, -0.05) is 35.9 Å². The van der Waals surface area contributed by atoms with Crippen LogP contribution in [-0.2, 0) is 6.54 Å². The second-order valence-corrected chi connectivity index (χ2v) is 7.15. The average Bonchev–Trinajstić information content (AvgIpc) is 3.00. The van der Waals surface area contributed by atoms with Gasteiger partial charge in [0.25, 0.3) is 0 Å². The van der Waals surface area contributed by atoms with Crippen LogP contribution in [0, 0.1) is 0 Å². The molecule has 6 heteroatoms. The number of rotatable bonds is 4. The Kier molecular flexibility index (Phi) is 4.57.